The summed E-state index contributed by atoms with van der Waals surface area (Å²) in [6.07, 6.45) is -0.722. The molecule has 6 atom stereocenters. The van der Waals surface area contributed by atoms with Gasteiger partial charge in [-0.1, -0.05) is 0 Å². The van der Waals surface area contributed by atoms with E-state index in [0.29, 0.717) is 6.61 Å². The number of benzene rings is 2. The summed E-state index contributed by atoms with van der Waals surface area (Å²) >= 11 is 1.92. The molecule has 2 aromatic rings. The fourth-order valence-electron chi connectivity index (χ4n) is 4.47. The van der Waals surface area contributed by atoms with Crippen LogP contribution in [0.1, 0.15) is 27.7 Å². The van der Waals surface area contributed by atoms with Gasteiger partial charge in [0.2, 0.25) is 0 Å². The van der Waals surface area contributed by atoms with Gasteiger partial charge in [-0.15, -0.1) is 0 Å². The average Bonchev–Trinajstić information content (AvgIpc) is 3.29. The van der Waals surface area contributed by atoms with Crippen molar-refractivity contribution < 1.29 is 23.7 Å². The first kappa shape index (κ1) is 22.9. The van der Waals surface area contributed by atoms with Gasteiger partial charge in [0.1, 0.15) is 0 Å². The zero-order valence-corrected chi connectivity index (χ0v) is 21.3. The van der Waals surface area contributed by atoms with Crippen LogP contribution in [-0.4, -0.2) is 63.0 Å². The standard InChI is InChI=1S/C25H30O5SSe/c1-24(2)26-15-18(28-24)19-20-21(30-25(3,4)29-20)22(32-17-13-9-6-10-14-17)23(27-19)31-16-11-7-5-8-12-16/h5-14,18-23H,15H2,1-4H3/t18-,19+,20-,21-,22-,23+/m0/s1. The Morgan fingerprint density at radius 1 is 0.781 bits per heavy atom. The van der Waals surface area contributed by atoms with Crippen LogP contribution < -0.4 is 4.46 Å². The van der Waals surface area contributed by atoms with Crippen LogP contribution in [0.5, 0.6) is 0 Å². The van der Waals surface area contributed by atoms with E-state index in [9.17, 15) is 0 Å². The van der Waals surface area contributed by atoms with E-state index in [1.165, 1.54) is 9.36 Å². The summed E-state index contributed by atoms with van der Waals surface area (Å²) in [6.45, 7) is 8.36. The molecular formula is C25H30O5SSe. The molecule has 3 saturated heterocycles. The molecule has 0 unspecified atom stereocenters. The van der Waals surface area contributed by atoms with Crippen LogP contribution in [0.4, 0.5) is 0 Å². The van der Waals surface area contributed by atoms with Gasteiger partial charge in [0, 0.05) is 0 Å². The molecule has 5 rings (SSSR count). The van der Waals surface area contributed by atoms with Gasteiger partial charge in [-0.3, -0.25) is 0 Å². The molecular weight excluding hydrogens is 491 g/mol. The van der Waals surface area contributed by atoms with Crippen LogP contribution in [0.3, 0.4) is 0 Å². The van der Waals surface area contributed by atoms with Gasteiger partial charge in [0.25, 0.3) is 0 Å². The first-order valence-electron chi connectivity index (χ1n) is 11.1. The molecule has 3 heterocycles. The number of hydrogen-bond acceptors (Lipinski definition) is 6. The SMILES string of the molecule is CC1(C)O[C@@H]2[C@H](O1)[C@H]([Se]c1ccccc1)[C@@H](Sc1ccccc1)O[C@@H]2[C@@H]1COC(C)(C)O1. The van der Waals surface area contributed by atoms with E-state index in [-0.39, 0.29) is 49.6 Å². The van der Waals surface area contributed by atoms with E-state index in [1.54, 1.807) is 11.8 Å². The van der Waals surface area contributed by atoms with Gasteiger partial charge in [-0.05, 0) is 0 Å². The zero-order chi connectivity index (χ0) is 22.3. The quantitative estimate of drug-likeness (QED) is 0.555. The summed E-state index contributed by atoms with van der Waals surface area (Å²) in [5, 5.41) is 0. The Balaban J connectivity index is 1.47. The van der Waals surface area contributed by atoms with Crippen molar-refractivity contribution in [2.24, 2.45) is 0 Å². The summed E-state index contributed by atoms with van der Waals surface area (Å²) in [5.74, 6) is -1.28. The molecule has 3 aliphatic rings. The molecule has 0 radical (unpaired) electrons. The molecule has 0 N–H and O–H groups in total. The Labute approximate surface area is 200 Å². The number of thioether (sulfide) groups is 1. The molecule has 0 bridgehead atoms. The molecule has 5 nitrogen and oxygen atoms in total. The van der Waals surface area contributed by atoms with Gasteiger partial charge in [-0.2, -0.15) is 0 Å². The summed E-state index contributed by atoms with van der Waals surface area (Å²) in [4.78, 5) is 1.37. The van der Waals surface area contributed by atoms with Crippen molar-refractivity contribution in [2.75, 3.05) is 6.61 Å². The van der Waals surface area contributed by atoms with Crippen molar-refractivity contribution in [3.63, 3.8) is 0 Å². The van der Waals surface area contributed by atoms with E-state index in [2.05, 4.69) is 54.6 Å². The second kappa shape index (κ2) is 9.05. The Morgan fingerprint density at radius 2 is 1.44 bits per heavy atom. The Bertz CT molecular complexity index is 909. The maximum absolute atomic E-state index is 6.83. The zero-order valence-electron chi connectivity index (χ0n) is 18.8. The number of hydrogen-bond donors (Lipinski definition) is 0. The molecule has 0 saturated carbocycles. The summed E-state index contributed by atoms with van der Waals surface area (Å²) in [7, 11) is 0. The van der Waals surface area contributed by atoms with Crippen molar-refractivity contribution in [3.05, 3.63) is 60.7 Å². The van der Waals surface area contributed by atoms with Crippen molar-refractivity contribution in [1.82, 2.24) is 0 Å². The second-order valence-corrected chi connectivity index (χ2v) is 13.0. The number of fused-ring (bicyclic) bond motifs is 1. The molecule has 0 spiro atoms. The minimum absolute atomic E-state index is 0.0718. The molecule has 172 valence electrons. The van der Waals surface area contributed by atoms with Crippen molar-refractivity contribution in [1.29, 1.82) is 0 Å². The van der Waals surface area contributed by atoms with Gasteiger partial charge >= 0.3 is 201 Å². The molecule has 2 aromatic carbocycles. The third-order valence-corrected chi connectivity index (χ3v) is 10.1. The predicted octanol–water partition coefficient (Wildman–Crippen LogP) is 3.99. The topological polar surface area (TPSA) is 46.2 Å². The van der Waals surface area contributed by atoms with E-state index in [4.69, 9.17) is 23.7 Å². The number of rotatable bonds is 5. The van der Waals surface area contributed by atoms with Gasteiger partial charge in [0.05, 0.1) is 0 Å². The minimum atomic E-state index is -0.663. The van der Waals surface area contributed by atoms with Crippen molar-refractivity contribution >= 4 is 31.2 Å². The molecule has 0 aromatic heterocycles. The molecule has 3 fully saturated rings. The number of ether oxygens (including phenoxy) is 5. The first-order valence-corrected chi connectivity index (χ1v) is 13.8. The van der Waals surface area contributed by atoms with Crippen LogP contribution in [0, 0.1) is 0 Å². The fraction of sp³-hybridized carbons (Fsp3) is 0.520. The predicted molar refractivity (Wildman–Crippen MR) is 125 cm³/mol. The first-order chi connectivity index (χ1) is 15.3. The summed E-state index contributed by atoms with van der Waals surface area (Å²) in [5.41, 5.74) is -0.0753. The van der Waals surface area contributed by atoms with Gasteiger partial charge < -0.3 is 0 Å². The molecule has 0 aliphatic carbocycles. The van der Waals surface area contributed by atoms with Crippen LogP contribution in [0.25, 0.3) is 0 Å². The summed E-state index contributed by atoms with van der Waals surface area (Å²) in [6, 6.07) is 21.1. The maximum atomic E-state index is 6.83. The monoisotopic (exact) mass is 522 g/mol. The van der Waals surface area contributed by atoms with E-state index in [1.807, 2.05) is 33.8 Å². The summed E-state index contributed by atoms with van der Waals surface area (Å²) < 4.78 is 33.3. The van der Waals surface area contributed by atoms with Crippen molar-refractivity contribution in [3.8, 4) is 0 Å². The Kier molecular flexibility index (Phi) is 6.47. The van der Waals surface area contributed by atoms with Crippen LogP contribution in [0.2, 0.25) is 4.82 Å². The molecule has 32 heavy (non-hydrogen) atoms. The fourth-order valence-corrected chi connectivity index (χ4v) is 8.58. The van der Waals surface area contributed by atoms with Crippen molar-refractivity contribution in [2.45, 2.75) is 78.8 Å². The van der Waals surface area contributed by atoms with Crippen LogP contribution in [-0.2, 0) is 23.7 Å². The molecule has 3 aliphatic heterocycles. The van der Waals surface area contributed by atoms with Gasteiger partial charge in [0.15, 0.2) is 0 Å². The molecule has 0 amide bonds. The normalized spacial score (nSPS) is 35.5. The van der Waals surface area contributed by atoms with E-state index >= 15 is 0 Å². The van der Waals surface area contributed by atoms with Gasteiger partial charge in [-0.25, -0.2) is 0 Å². The molecule has 7 heteroatoms. The third-order valence-electron chi connectivity index (χ3n) is 5.78. The van der Waals surface area contributed by atoms with Crippen LogP contribution >= 0.6 is 11.8 Å². The third kappa shape index (κ3) is 4.96. The Morgan fingerprint density at radius 3 is 2.09 bits per heavy atom. The van der Waals surface area contributed by atoms with E-state index in [0.717, 1.165) is 0 Å². The average molecular weight is 522 g/mol. The second-order valence-electron chi connectivity index (χ2n) is 9.23. The Hall–Kier alpha value is -0.891. The van der Waals surface area contributed by atoms with Crippen LogP contribution in [0.15, 0.2) is 65.6 Å². The van der Waals surface area contributed by atoms with E-state index < -0.39 is 11.6 Å².